The predicted octanol–water partition coefficient (Wildman–Crippen LogP) is 8.23. The van der Waals surface area contributed by atoms with Crippen molar-refractivity contribution in [1.29, 1.82) is 5.26 Å². The maximum Gasteiger partial charge on any atom is 0.338 e. The van der Waals surface area contributed by atoms with Gasteiger partial charge in [-0.3, -0.25) is 4.67 Å². The third-order valence-corrected chi connectivity index (χ3v) is 9.76. The van der Waals surface area contributed by atoms with E-state index < -0.39 is 23.9 Å². The first-order valence-corrected chi connectivity index (χ1v) is 19.6. The molecule has 56 heavy (non-hydrogen) atoms. The van der Waals surface area contributed by atoms with Crippen molar-refractivity contribution < 1.29 is 52.1 Å². The Bertz CT molecular complexity index is 1740. The molecule has 3 rings (SSSR count). The van der Waals surface area contributed by atoms with Crippen molar-refractivity contribution in [3.63, 3.8) is 0 Å². The molecule has 3 unspecified atom stereocenters. The first-order chi connectivity index (χ1) is 26.8. The molecule has 3 atom stereocenters. The molecule has 0 aliphatic carbocycles. The van der Waals surface area contributed by atoms with Crippen molar-refractivity contribution in [2.75, 3.05) is 26.4 Å². The van der Waals surface area contributed by atoms with Crippen LogP contribution in [0.4, 0.5) is 0 Å². The fourth-order valence-electron chi connectivity index (χ4n) is 5.66. The molecule has 0 saturated heterocycles. The summed E-state index contributed by atoms with van der Waals surface area (Å²) in [6.07, 6.45) is 0.704. The summed E-state index contributed by atoms with van der Waals surface area (Å²) in [5.74, 6) is -1.64. The Balaban J connectivity index is 1.95. The van der Waals surface area contributed by atoms with Crippen LogP contribution in [0.3, 0.4) is 0 Å². The summed E-state index contributed by atoms with van der Waals surface area (Å²) in [6, 6.07) is 17.1. The zero-order valence-corrected chi connectivity index (χ0v) is 34.5. The van der Waals surface area contributed by atoms with Gasteiger partial charge in [0.25, 0.3) is 0 Å². The van der Waals surface area contributed by atoms with Crippen LogP contribution < -0.4 is 9.47 Å². The third kappa shape index (κ3) is 13.6. The van der Waals surface area contributed by atoms with Crippen LogP contribution in [-0.2, 0) is 43.3 Å². The minimum Gasteiger partial charge on any atom is -0.489 e. The second-order valence-corrected chi connectivity index (χ2v) is 14.0. The summed E-state index contributed by atoms with van der Waals surface area (Å²) < 4.78 is 41.7. The Morgan fingerprint density at radius 3 is 1.50 bits per heavy atom. The zero-order chi connectivity index (χ0) is 41.2. The van der Waals surface area contributed by atoms with Crippen LogP contribution in [0.15, 0.2) is 54.6 Å². The number of nitriles is 1. The van der Waals surface area contributed by atoms with E-state index >= 15 is 0 Å². The molecular weight excluding hydrogens is 739 g/mol. The summed E-state index contributed by atoms with van der Waals surface area (Å²) in [6.45, 7) is 15.7. The Morgan fingerprint density at radius 2 is 1.09 bits per heavy atom. The van der Waals surface area contributed by atoms with Gasteiger partial charge in [-0.15, -0.1) is 0 Å². The highest BCUT2D eigenvalue weighted by atomic mass is 31.1. The molecule has 302 valence electrons. The second kappa shape index (κ2) is 23.1. The van der Waals surface area contributed by atoms with Crippen LogP contribution in [0.2, 0.25) is 0 Å². The average molecular weight is 793 g/mol. The first-order valence-electron chi connectivity index (χ1n) is 18.7. The van der Waals surface area contributed by atoms with Crippen LogP contribution in [0.5, 0.6) is 11.5 Å². The fraction of sp³-hybridized carbons (Fsp3) is 0.452. The van der Waals surface area contributed by atoms with Crippen LogP contribution in [0.1, 0.15) is 120 Å². The van der Waals surface area contributed by atoms with Crippen LogP contribution in [0, 0.1) is 17.2 Å². The molecule has 0 radical (unpaired) electrons. The highest BCUT2D eigenvalue weighted by Gasteiger charge is 2.22. The van der Waals surface area contributed by atoms with Gasteiger partial charge in [-0.25, -0.2) is 19.2 Å². The smallest absolute Gasteiger partial charge is 0.338 e. The van der Waals surface area contributed by atoms with E-state index in [0.717, 1.165) is 5.56 Å². The summed E-state index contributed by atoms with van der Waals surface area (Å²) in [7, 11) is 0.00735. The van der Waals surface area contributed by atoms with Crippen molar-refractivity contribution in [2.24, 2.45) is 5.92 Å². The molecule has 0 aromatic heterocycles. The minimum absolute atomic E-state index is 0.00735. The molecule has 0 heterocycles. The quantitative estimate of drug-likeness (QED) is 0.0544. The molecule has 0 aliphatic rings. The normalized spacial score (nSPS) is 12.2. The molecular formula is C42H53N2O11P. The average Bonchev–Trinajstić information content (AvgIpc) is 3.17. The number of esters is 4. The van der Waals surface area contributed by atoms with E-state index in [4.69, 9.17) is 32.9 Å². The lowest BCUT2D eigenvalue weighted by Gasteiger charge is -2.32. The molecule has 0 spiro atoms. The molecule has 13 nitrogen and oxygen atoms in total. The lowest BCUT2D eigenvalue weighted by molar-refractivity contribution is 0.0504. The summed E-state index contributed by atoms with van der Waals surface area (Å²) in [5, 5.41) is 9.35. The van der Waals surface area contributed by atoms with Crippen LogP contribution >= 0.6 is 8.96 Å². The van der Waals surface area contributed by atoms with Crippen molar-refractivity contribution in [3.8, 4) is 17.6 Å². The third-order valence-electron chi connectivity index (χ3n) is 8.32. The molecule has 0 saturated carbocycles. The molecule has 0 aliphatic heterocycles. The van der Waals surface area contributed by atoms with Crippen molar-refractivity contribution in [2.45, 2.75) is 93.7 Å². The lowest BCUT2D eigenvalue weighted by atomic mass is 10.0. The molecule has 0 fully saturated rings. The number of hydrogen-bond acceptors (Lipinski definition) is 13. The Kier molecular flexibility index (Phi) is 18.7. The number of carbonyl (C=O) groups excluding carboxylic acids is 4. The zero-order valence-electron chi connectivity index (χ0n) is 33.5. The summed E-state index contributed by atoms with van der Waals surface area (Å²) in [5.41, 5.74) is 2.43. The van der Waals surface area contributed by atoms with E-state index in [1.54, 1.807) is 70.2 Å². The van der Waals surface area contributed by atoms with Gasteiger partial charge in [0.15, 0.2) is 0 Å². The molecule has 0 N–H and O–H groups in total. The molecule has 3 aromatic carbocycles. The maximum absolute atomic E-state index is 12.9. The van der Waals surface area contributed by atoms with E-state index in [2.05, 4.69) is 31.5 Å². The minimum atomic E-state index is -0.608. The number of rotatable bonds is 22. The standard InChI is InChI=1S/C42H53N2O11P/c1-9-49-39(45)31-13-15-33(37(20-31)41(47)51-11-3)25-53-35-18-30(24-55-56-44(27(5)6)29(8)17-28(7)23-43)19-36(22-35)54-26-34-16-14-32(40(46)50-10-2)21-38(34)42(48)52-12-4/h13-16,18-22,27-29,56H,9-12,17,24-26H2,1-8H3. The van der Waals surface area contributed by atoms with E-state index in [9.17, 15) is 24.4 Å². The number of hydrogen-bond donors (Lipinski definition) is 0. The maximum atomic E-state index is 12.9. The van der Waals surface area contributed by atoms with Gasteiger partial charge >= 0.3 is 23.9 Å². The Labute approximate surface area is 331 Å². The van der Waals surface area contributed by atoms with Gasteiger partial charge in [-0.05, 0) is 104 Å². The fourth-order valence-corrected chi connectivity index (χ4v) is 6.54. The number of nitrogens with zero attached hydrogens (tertiary/aromatic N) is 2. The van der Waals surface area contributed by atoms with E-state index in [0.29, 0.717) is 29.0 Å². The monoisotopic (exact) mass is 792 g/mol. The Hall–Kier alpha value is -5.02. The van der Waals surface area contributed by atoms with Crippen molar-refractivity contribution in [3.05, 3.63) is 93.5 Å². The molecule has 0 amide bonds. The summed E-state index contributed by atoms with van der Waals surface area (Å²) >= 11 is 0. The van der Waals surface area contributed by atoms with Crippen molar-refractivity contribution >= 4 is 32.8 Å². The van der Waals surface area contributed by atoms with Crippen LogP contribution in [0.25, 0.3) is 0 Å². The van der Waals surface area contributed by atoms with Gasteiger partial charge in [-0.2, -0.15) is 5.26 Å². The number of benzene rings is 3. The van der Waals surface area contributed by atoms with Gasteiger partial charge in [0.2, 0.25) is 0 Å². The van der Waals surface area contributed by atoms with Gasteiger partial charge in [-0.1, -0.05) is 12.1 Å². The lowest BCUT2D eigenvalue weighted by Crippen LogP contribution is -2.33. The highest BCUT2D eigenvalue weighted by Crippen LogP contribution is 2.32. The van der Waals surface area contributed by atoms with Gasteiger partial charge in [0, 0.05) is 35.2 Å². The van der Waals surface area contributed by atoms with Gasteiger partial charge in [0.1, 0.15) is 24.7 Å². The van der Waals surface area contributed by atoms with E-state index in [-0.39, 0.29) is 95.5 Å². The number of ether oxygens (including phenoxy) is 6. The molecule has 0 bridgehead atoms. The van der Waals surface area contributed by atoms with Crippen LogP contribution in [-0.4, -0.2) is 67.1 Å². The highest BCUT2D eigenvalue weighted by molar-refractivity contribution is 7.29. The molecule has 14 heteroatoms. The largest absolute Gasteiger partial charge is 0.489 e. The molecule has 3 aromatic rings. The number of carbonyl (C=O) groups is 4. The van der Waals surface area contributed by atoms with E-state index in [1.165, 1.54) is 12.1 Å². The SMILES string of the molecule is CCOC(=O)c1ccc(COc2cc(COPN(C(C)C)C(C)CC(C)C#N)cc(OCc3ccc(C(=O)OCC)cc3C(=O)OCC)c2)c(C(=O)OCC)c1. The first kappa shape index (κ1) is 45.4. The summed E-state index contributed by atoms with van der Waals surface area (Å²) in [4.78, 5) is 50.8. The van der Waals surface area contributed by atoms with Crippen molar-refractivity contribution in [1.82, 2.24) is 4.67 Å². The van der Waals surface area contributed by atoms with Gasteiger partial charge < -0.3 is 32.9 Å². The Morgan fingerprint density at radius 1 is 0.643 bits per heavy atom. The topological polar surface area (TPSA) is 160 Å². The van der Waals surface area contributed by atoms with E-state index in [1.807, 2.05) is 6.92 Å². The van der Waals surface area contributed by atoms with Gasteiger partial charge in [0.05, 0.1) is 70.3 Å². The predicted molar refractivity (Wildman–Crippen MR) is 211 cm³/mol. The second-order valence-electron chi connectivity index (χ2n) is 13.0.